The molecule has 0 aliphatic rings. The molecular formula is C18H17NO4. The zero-order valence-corrected chi connectivity index (χ0v) is 12.9. The number of carbonyl (C=O) groups excluding carboxylic acids is 2. The Bertz CT molecular complexity index is 753. The second kappa shape index (κ2) is 6.87. The van der Waals surface area contributed by atoms with Gasteiger partial charge in [0.15, 0.2) is 5.78 Å². The zero-order valence-electron chi connectivity index (χ0n) is 12.9. The minimum atomic E-state index is -1.03. The first-order chi connectivity index (χ1) is 10.9. The van der Waals surface area contributed by atoms with E-state index in [4.69, 9.17) is 0 Å². The third-order valence-electron chi connectivity index (χ3n) is 3.52. The molecular weight excluding hydrogens is 294 g/mol. The average Bonchev–Trinajstić information content (AvgIpc) is 2.54. The van der Waals surface area contributed by atoms with Crippen LogP contribution in [0.15, 0.2) is 48.5 Å². The van der Waals surface area contributed by atoms with Crippen molar-refractivity contribution in [3.8, 4) is 0 Å². The molecule has 118 valence electrons. The van der Waals surface area contributed by atoms with Crippen molar-refractivity contribution in [2.45, 2.75) is 19.8 Å². The van der Waals surface area contributed by atoms with Gasteiger partial charge in [0, 0.05) is 18.1 Å². The fourth-order valence-corrected chi connectivity index (χ4v) is 2.31. The quantitative estimate of drug-likeness (QED) is 0.831. The molecule has 0 saturated heterocycles. The van der Waals surface area contributed by atoms with Crippen molar-refractivity contribution in [2.24, 2.45) is 0 Å². The third-order valence-corrected chi connectivity index (χ3v) is 3.52. The topological polar surface area (TPSA) is 83.5 Å². The number of anilines is 1. The number of hydrogen-bond acceptors (Lipinski definition) is 3. The van der Waals surface area contributed by atoms with Crippen LogP contribution in [0.25, 0.3) is 0 Å². The van der Waals surface area contributed by atoms with Crippen LogP contribution in [0.4, 0.5) is 5.69 Å². The number of benzene rings is 2. The molecule has 0 spiro atoms. The number of aliphatic carboxylic acids is 1. The molecule has 2 aromatic carbocycles. The van der Waals surface area contributed by atoms with Crippen LogP contribution in [0, 0.1) is 0 Å². The molecule has 0 aliphatic carbocycles. The van der Waals surface area contributed by atoms with Gasteiger partial charge in [-0.3, -0.25) is 14.4 Å². The van der Waals surface area contributed by atoms with Gasteiger partial charge in [-0.05, 0) is 18.6 Å². The minimum Gasteiger partial charge on any atom is -0.481 e. The Kier molecular flexibility index (Phi) is 4.91. The number of nitrogens with one attached hydrogen (secondary N) is 1. The van der Waals surface area contributed by atoms with Gasteiger partial charge in [-0.1, -0.05) is 42.5 Å². The van der Waals surface area contributed by atoms with Gasteiger partial charge in [0.25, 0.3) is 0 Å². The summed E-state index contributed by atoms with van der Waals surface area (Å²) < 4.78 is 0. The molecule has 0 aliphatic heterocycles. The van der Waals surface area contributed by atoms with E-state index < -0.39 is 11.9 Å². The largest absolute Gasteiger partial charge is 0.481 e. The minimum absolute atomic E-state index is 0.253. The number of para-hydroxylation sites is 1. The molecule has 2 N–H and O–H groups in total. The normalized spacial score (nSPS) is 11.6. The molecule has 5 nitrogen and oxygen atoms in total. The van der Waals surface area contributed by atoms with E-state index in [2.05, 4.69) is 5.32 Å². The number of carboxylic acids is 1. The van der Waals surface area contributed by atoms with Crippen LogP contribution in [-0.4, -0.2) is 22.8 Å². The van der Waals surface area contributed by atoms with Gasteiger partial charge in [0.2, 0.25) is 5.91 Å². The molecule has 1 atom stereocenters. The summed E-state index contributed by atoms with van der Waals surface area (Å²) in [6.45, 7) is 2.83. The van der Waals surface area contributed by atoms with Gasteiger partial charge >= 0.3 is 5.97 Å². The Morgan fingerprint density at radius 3 is 2.22 bits per heavy atom. The van der Waals surface area contributed by atoms with Crippen molar-refractivity contribution in [3.63, 3.8) is 0 Å². The van der Waals surface area contributed by atoms with E-state index in [1.807, 2.05) is 0 Å². The molecule has 5 heteroatoms. The molecule has 23 heavy (non-hydrogen) atoms. The van der Waals surface area contributed by atoms with Crippen molar-refractivity contribution in [3.05, 3.63) is 65.2 Å². The SMILES string of the molecule is CC(=O)Nc1c(C(=O)c2ccccc2)cccc1C(C)C(=O)O. The van der Waals surface area contributed by atoms with Gasteiger partial charge in [0.05, 0.1) is 11.6 Å². The fourth-order valence-electron chi connectivity index (χ4n) is 2.31. The molecule has 0 radical (unpaired) electrons. The van der Waals surface area contributed by atoms with E-state index in [-0.39, 0.29) is 22.9 Å². The number of rotatable bonds is 5. The Morgan fingerprint density at radius 1 is 1.00 bits per heavy atom. The zero-order chi connectivity index (χ0) is 17.0. The molecule has 1 unspecified atom stereocenters. The summed E-state index contributed by atoms with van der Waals surface area (Å²) in [6.07, 6.45) is 0. The molecule has 0 saturated carbocycles. The van der Waals surface area contributed by atoms with Crippen LogP contribution >= 0.6 is 0 Å². The lowest BCUT2D eigenvalue weighted by Crippen LogP contribution is -2.17. The maximum Gasteiger partial charge on any atom is 0.310 e. The van der Waals surface area contributed by atoms with E-state index >= 15 is 0 Å². The van der Waals surface area contributed by atoms with Gasteiger partial charge in [-0.2, -0.15) is 0 Å². The predicted molar refractivity (Wildman–Crippen MR) is 86.7 cm³/mol. The Labute approximate surface area is 134 Å². The van der Waals surface area contributed by atoms with Crippen LogP contribution in [-0.2, 0) is 9.59 Å². The fraction of sp³-hybridized carbons (Fsp3) is 0.167. The third kappa shape index (κ3) is 3.63. The lowest BCUT2D eigenvalue weighted by molar-refractivity contribution is -0.138. The molecule has 0 bridgehead atoms. The van der Waals surface area contributed by atoms with Gasteiger partial charge < -0.3 is 10.4 Å². The molecule has 0 fully saturated rings. The van der Waals surface area contributed by atoms with Crippen molar-refractivity contribution in [1.29, 1.82) is 0 Å². The molecule has 2 rings (SSSR count). The summed E-state index contributed by atoms with van der Waals surface area (Å²) in [5.41, 5.74) is 1.40. The van der Waals surface area contributed by atoms with E-state index in [0.29, 0.717) is 11.1 Å². The predicted octanol–water partition coefficient (Wildman–Crippen LogP) is 3.06. The summed E-state index contributed by atoms with van der Waals surface area (Å²) >= 11 is 0. The lowest BCUT2D eigenvalue weighted by atomic mass is 9.93. The van der Waals surface area contributed by atoms with E-state index in [0.717, 1.165) is 0 Å². The first-order valence-electron chi connectivity index (χ1n) is 7.15. The second-order valence-electron chi connectivity index (χ2n) is 5.21. The summed E-state index contributed by atoms with van der Waals surface area (Å²) in [5, 5.41) is 11.8. The van der Waals surface area contributed by atoms with E-state index in [1.165, 1.54) is 13.8 Å². The van der Waals surface area contributed by atoms with Crippen molar-refractivity contribution < 1.29 is 19.5 Å². The standard InChI is InChI=1S/C18H17NO4/c1-11(18(22)23)14-9-6-10-15(16(14)19-12(2)20)17(21)13-7-4-3-5-8-13/h3-11H,1-2H3,(H,19,20)(H,22,23). The van der Waals surface area contributed by atoms with Crippen LogP contribution < -0.4 is 5.32 Å². The smallest absolute Gasteiger partial charge is 0.310 e. The van der Waals surface area contributed by atoms with Crippen LogP contribution in [0.1, 0.15) is 41.3 Å². The molecule has 0 heterocycles. The Balaban J connectivity index is 2.59. The first-order valence-corrected chi connectivity index (χ1v) is 7.15. The highest BCUT2D eigenvalue weighted by atomic mass is 16.4. The summed E-state index contributed by atoms with van der Waals surface area (Å²) in [7, 11) is 0. The van der Waals surface area contributed by atoms with Crippen molar-refractivity contribution in [1.82, 2.24) is 0 Å². The number of carbonyl (C=O) groups is 3. The maximum absolute atomic E-state index is 12.7. The summed E-state index contributed by atoms with van der Waals surface area (Å²) in [4.78, 5) is 35.5. The Hall–Kier alpha value is -2.95. The average molecular weight is 311 g/mol. The molecule has 1 amide bonds. The van der Waals surface area contributed by atoms with Gasteiger partial charge in [-0.15, -0.1) is 0 Å². The maximum atomic E-state index is 12.7. The van der Waals surface area contributed by atoms with Crippen LogP contribution in [0.2, 0.25) is 0 Å². The lowest BCUT2D eigenvalue weighted by Gasteiger charge is -2.17. The van der Waals surface area contributed by atoms with E-state index in [9.17, 15) is 19.5 Å². The first kappa shape index (κ1) is 16.4. The summed E-state index contributed by atoms with van der Waals surface area (Å²) in [6, 6.07) is 13.4. The highest BCUT2D eigenvalue weighted by molar-refractivity contribution is 6.14. The highest BCUT2D eigenvalue weighted by Crippen LogP contribution is 2.30. The summed E-state index contributed by atoms with van der Waals surface area (Å²) in [5.74, 6) is -2.51. The Morgan fingerprint density at radius 2 is 1.65 bits per heavy atom. The van der Waals surface area contributed by atoms with Crippen molar-refractivity contribution >= 4 is 23.3 Å². The number of hydrogen-bond donors (Lipinski definition) is 2. The highest BCUT2D eigenvalue weighted by Gasteiger charge is 2.23. The molecule has 0 aromatic heterocycles. The number of amides is 1. The van der Waals surface area contributed by atoms with Crippen LogP contribution in [0.5, 0.6) is 0 Å². The van der Waals surface area contributed by atoms with Gasteiger partial charge in [-0.25, -0.2) is 0 Å². The second-order valence-corrected chi connectivity index (χ2v) is 5.21. The molecule has 2 aromatic rings. The number of ketones is 1. The van der Waals surface area contributed by atoms with E-state index in [1.54, 1.807) is 48.5 Å². The van der Waals surface area contributed by atoms with Crippen molar-refractivity contribution in [2.75, 3.05) is 5.32 Å². The van der Waals surface area contributed by atoms with Crippen LogP contribution in [0.3, 0.4) is 0 Å². The van der Waals surface area contributed by atoms with Gasteiger partial charge in [0.1, 0.15) is 0 Å². The monoisotopic (exact) mass is 311 g/mol. The number of carboxylic acid groups (broad SMARTS) is 1.